The number of hydrogen-bond acceptors (Lipinski definition) is 3. The summed E-state index contributed by atoms with van der Waals surface area (Å²) in [5, 5.41) is 0.500. The van der Waals surface area contributed by atoms with Crippen LogP contribution in [0.3, 0.4) is 0 Å². The zero-order valence-electron chi connectivity index (χ0n) is 12.6. The summed E-state index contributed by atoms with van der Waals surface area (Å²) in [6.07, 6.45) is 9.56. The Hall–Kier alpha value is 0.300. The highest BCUT2D eigenvalue weighted by molar-refractivity contribution is 9.10. The van der Waals surface area contributed by atoms with Crippen molar-refractivity contribution < 1.29 is 9.53 Å². The van der Waals surface area contributed by atoms with Crippen molar-refractivity contribution in [2.24, 2.45) is 0 Å². The smallest absolute Gasteiger partial charge is 0.322 e. The molecule has 1 atom stereocenters. The number of carbonyl (C=O) groups excluding carboxylic acids is 1. The largest absolute Gasteiger partial charge is 0.465 e. The van der Waals surface area contributed by atoms with E-state index in [2.05, 4.69) is 35.5 Å². The number of thiol groups is 1. The Morgan fingerprint density at radius 3 is 2.26 bits per heavy atom. The lowest BCUT2D eigenvalue weighted by atomic mass is 10.1. The van der Waals surface area contributed by atoms with E-state index in [4.69, 9.17) is 4.74 Å². The number of alkyl halides is 1. The van der Waals surface area contributed by atoms with Gasteiger partial charge in [-0.05, 0) is 39.5 Å². The van der Waals surface area contributed by atoms with Crippen molar-refractivity contribution in [2.75, 3.05) is 6.61 Å². The van der Waals surface area contributed by atoms with Gasteiger partial charge in [0.1, 0.15) is 4.32 Å². The quantitative estimate of drug-likeness (QED) is 0.241. The maximum absolute atomic E-state index is 11.5. The molecule has 0 aliphatic rings. The predicted octanol–water partition coefficient (Wildman–Crippen LogP) is 5.14. The van der Waals surface area contributed by atoms with Crippen LogP contribution in [0.2, 0.25) is 0 Å². The van der Waals surface area contributed by atoms with Crippen LogP contribution in [0.1, 0.15) is 72.1 Å². The fourth-order valence-electron chi connectivity index (χ4n) is 1.77. The van der Waals surface area contributed by atoms with Gasteiger partial charge in [0.05, 0.1) is 6.61 Å². The minimum Gasteiger partial charge on any atom is -0.465 e. The number of carbonyl (C=O) groups is 1. The monoisotopic (exact) mass is 352 g/mol. The Morgan fingerprint density at radius 2 is 1.74 bits per heavy atom. The van der Waals surface area contributed by atoms with Gasteiger partial charge < -0.3 is 4.74 Å². The molecule has 0 heterocycles. The zero-order chi connectivity index (χ0) is 14.7. The van der Waals surface area contributed by atoms with Gasteiger partial charge in [-0.2, -0.15) is 12.6 Å². The van der Waals surface area contributed by atoms with Crippen molar-refractivity contribution >= 4 is 34.5 Å². The van der Waals surface area contributed by atoms with E-state index >= 15 is 0 Å². The molecule has 1 unspecified atom stereocenters. The predicted molar refractivity (Wildman–Crippen MR) is 89.3 cm³/mol. The Balaban J connectivity index is 3.41. The molecule has 0 amide bonds. The van der Waals surface area contributed by atoms with Crippen LogP contribution in [0.25, 0.3) is 0 Å². The first-order valence-electron chi connectivity index (χ1n) is 7.42. The fourth-order valence-corrected chi connectivity index (χ4v) is 2.25. The van der Waals surface area contributed by atoms with Gasteiger partial charge in [0, 0.05) is 5.25 Å². The third-order valence-corrected chi connectivity index (χ3v) is 3.88. The van der Waals surface area contributed by atoms with Crippen molar-refractivity contribution in [2.45, 2.75) is 81.7 Å². The maximum atomic E-state index is 11.5. The van der Waals surface area contributed by atoms with E-state index in [9.17, 15) is 4.79 Å². The Kier molecular flexibility index (Phi) is 11.2. The van der Waals surface area contributed by atoms with Crippen LogP contribution < -0.4 is 0 Å². The van der Waals surface area contributed by atoms with Crippen LogP contribution >= 0.6 is 28.6 Å². The normalized spacial score (nSPS) is 13.3. The van der Waals surface area contributed by atoms with Crippen molar-refractivity contribution in [3.63, 3.8) is 0 Å². The molecule has 2 nitrogen and oxygen atoms in total. The highest BCUT2D eigenvalue weighted by Gasteiger charge is 2.24. The third kappa shape index (κ3) is 11.8. The molecule has 0 aliphatic carbocycles. The van der Waals surface area contributed by atoms with E-state index in [0.717, 1.165) is 19.3 Å². The fraction of sp³-hybridized carbons (Fsp3) is 0.933. The van der Waals surface area contributed by atoms with Crippen LogP contribution in [0, 0.1) is 0 Å². The molecule has 0 radical (unpaired) electrons. The van der Waals surface area contributed by atoms with Crippen LogP contribution in [0.4, 0.5) is 0 Å². The summed E-state index contributed by atoms with van der Waals surface area (Å²) in [6.45, 7) is 6.35. The molecule has 0 N–H and O–H groups in total. The van der Waals surface area contributed by atoms with E-state index < -0.39 is 4.32 Å². The van der Waals surface area contributed by atoms with E-state index in [1.807, 2.05) is 0 Å². The van der Waals surface area contributed by atoms with Crippen molar-refractivity contribution in [1.29, 1.82) is 0 Å². The molecule has 0 fully saturated rings. The van der Waals surface area contributed by atoms with Gasteiger partial charge in [0.2, 0.25) is 0 Å². The van der Waals surface area contributed by atoms with Gasteiger partial charge in [0.25, 0.3) is 0 Å². The van der Waals surface area contributed by atoms with Crippen molar-refractivity contribution in [1.82, 2.24) is 0 Å². The molecule has 0 rings (SSSR count). The molecule has 0 saturated carbocycles. The summed E-state index contributed by atoms with van der Waals surface area (Å²) in [5.74, 6) is -0.186. The number of rotatable bonds is 11. The summed E-state index contributed by atoms with van der Waals surface area (Å²) < 4.78 is 4.62. The van der Waals surface area contributed by atoms with Gasteiger partial charge in [-0.3, -0.25) is 4.79 Å². The second-order valence-electron chi connectivity index (χ2n) is 5.61. The number of esters is 1. The lowest BCUT2D eigenvalue weighted by Crippen LogP contribution is -2.26. The summed E-state index contributed by atoms with van der Waals surface area (Å²) in [5.41, 5.74) is 0. The minimum atomic E-state index is -0.571. The second-order valence-corrected chi connectivity index (χ2v) is 8.32. The Morgan fingerprint density at radius 1 is 1.16 bits per heavy atom. The third-order valence-electron chi connectivity index (χ3n) is 3.04. The van der Waals surface area contributed by atoms with Gasteiger partial charge in [0.15, 0.2) is 0 Å². The maximum Gasteiger partial charge on any atom is 0.322 e. The molecule has 0 saturated heterocycles. The minimum absolute atomic E-state index is 0.186. The lowest BCUT2D eigenvalue weighted by molar-refractivity contribution is -0.145. The first-order chi connectivity index (χ1) is 8.88. The first-order valence-corrected chi connectivity index (χ1v) is 8.73. The van der Waals surface area contributed by atoms with Gasteiger partial charge in [-0.25, -0.2) is 0 Å². The van der Waals surface area contributed by atoms with Crippen molar-refractivity contribution in [3.05, 3.63) is 0 Å². The number of ether oxygens (including phenoxy) is 1. The lowest BCUT2D eigenvalue weighted by Gasteiger charge is -2.15. The average Bonchev–Trinajstić information content (AvgIpc) is 2.33. The topological polar surface area (TPSA) is 26.3 Å². The van der Waals surface area contributed by atoms with E-state index in [1.54, 1.807) is 13.8 Å². The van der Waals surface area contributed by atoms with Crippen molar-refractivity contribution in [3.8, 4) is 0 Å². The van der Waals surface area contributed by atoms with Gasteiger partial charge in [-0.1, -0.05) is 48.5 Å². The average molecular weight is 353 g/mol. The standard InChI is InChI=1S/C15H29BrO2S/c1-4-5-6-7-10-13(19)11-8-9-12-18-14(17)15(2,3)16/h13,19H,4-12H2,1-3H3. The molecule has 114 valence electrons. The molecule has 0 aliphatic heterocycles. The van der Waals surface area contributed by atoms with Crippen LogP contribution in [0.15, 0.2) is 0 Å². The first kappa shape index (κ1) is 19.3. The molecule has 19 heavy (non-hydrogen) atoms. The molecule has 4 heteroatoms. The summed E-state index contributed by atoms with van der Waals surface area (Å²) in [7, 11) is 0. The summed E-state index contributed by atoms with van der Waals surface area (Å²) in [4.78, 5) is 11.5. The van der Waals surface area contributed by atoms with E-state index in [1.165, 1.54) is 32.1 Å². The number of hydrogen-bond donors (Lipinski definition) is 1. The molecule has 0 spiro atoms. The zero-order valence-corrected chi connectivity index (χ0v) is 15.1. The number of halogens is 1. The van der Waals surface area contributed by atoms with Crippen LogP contribution in [0.5, 0.6) is 0 Å². The highest BCUT2D eigenvalue weighted by Crippen LogP contribution is 2.18. The molecule has 0 aromatic rings. The number of unbranched alkanes of at least 4 members (excludes halogenated alkanes) is 4. The second kappa shape index (κ2) is 11.0. The molecule has 0 aromatic carbocycles. The van der Waals surface area contributed by atoms with E-state index in [0.29, 0.717) is 11.9 Å². The molecule has 0 bridgehead atoms. The molecular formula is C15H29BrO2S. The Labute approximate surface area is 132 Å². The SMILES string of the molecule is CCCCCCC(S)CCCCOC(=O)C(C)(C)Br. The van der Waals surface area contributed by atoms with Crippen LogP contribution in [-0.2, 0) is 9.53 Å². The van der Waals surface area contributed by atoms with Crippen LogP contribution in [-0.4, -0.2) is 22.2 Å². The van der Waals surface area contributed by atoms with E-state index in [-0.39, 0.29) is 5.97 Å². The molecule has 0 aromatic heterocycles. The van der Waals surface area contributed by atoms with Gasteiger partial charge in [-0.15, -0.1) is 0 Å². The highest BCUT2D eigenvalue weighted by atomic mass is 79.9. The summed E-state index contributed by atoms with van der Waals surface area (Å²) >= 11 is 7.90. The van der Waals surface area contributed by atoms with Gasteiger partial charge >= 0.3 is 5.97 Å². The summed E-state index contributed by atoms with van der Waals surface area (Å²) in [6, 6.07) is 0. The Bertz CT molecular complexity index is 239. The molecular weight excluding hydrogens is 324 g/mol.